The van der Waals surface area contributed by atoms with Crippen LogP contribution < -0.4 is 21.1 Å². The number of hydrogen-bond donors (Lipinski definition) is 4. The van der Waals surface area contributed by atoms with Crippen LogP contribution in [0.25, 0.3) is 11.0 Å². The van der Waals surface area contributed by atoms with Gasteiger partial charge in [0.15, 0.2) is 5.82 Å². The first-order valence-corrected chi connectivity index (χ1v) is 12.3. The van der Waals surface area contributed by atoms with Crippen molar-refractivity contribution in [3.05, 3.63) is 29.7 Å². The van der Waals surface area contributed by atoms with E-state index in [0.29, 0.717) is 30.3 Å². The van der Waals surface area contributed by atoms with Gasteiger partial charge in [0, 0.05) is 24.9 Å². The molecule has 1 saturated heterocycles. The molecule has 0 aromatic carbocycles. The number of aliphatic hydroxyl groups is 1. The Morgan fingerprint density at radius 3 is 2.94 bits per heavy atom. The van der Waals surface area contributed by atoms with Gasteiger partial charge in [0.25, 0.3) is 0 Å². The van der Waals surface area contributed by atoms with E-state index in [-0.39, 0.29) is 18.6 Å². The Bertz CT molecular complexity index is 1070. The van der Waals surface area contributed by atoms with E-state index in [1.165, 1.54) is 19.3 Å². The zero-order valence-electron chi connectivity index (χ0n) is 20.1. The monoisotopic (exact) mass is 468 g/mol. The van der Waals surface area contributed by atoms with E-state index >= 15 is 0 Å². The number of fused-ring (bicyclic) bond motifs is 1. The summed E-state index contributed by atoms with van der Waals surface area (Å²) in [5.41, 5.74) is 9.32. The van der Waals surface area contributed by atoms with Crippen molar-refractivity contribution in [3.8, 4) is 5.75 Å². The van der Waals surface area contributed by atoms with Crippen molar-refractivity contribution in [2.45, 2.75) is 70.5 Å². The third-order valence-corrected chi connectivity index (χ3v) is 6.40. The molecule has 3 aromatic heterocycles. The number of nitrogens with zero attached hydrogens (tertiary/aromatic N) is 5. The summed E-state index contributed by atoms with van der Waals surface area (Å²) in [5.74, 6) is 1.54. The van der Waals surface area contributed by atoms with Gasteiger partial charge < -0.3 is 26.2 Å². The first kappa shape index (κ1) is 24.2. The zero-order chi connectivity index (χ0) is 23.9. The van der Waals surface area contributed by atoms with Gasteiger partial charge >= 0.3 is 0 Å². The predicted molar refractivity (Wildman–Crippen MR) is 133 cm³/mol. The van der Waals surface area contributed by atoms with Crippen LogP contribution in [0, 0.1) is 0 Å². The van der Waals surface area contributed by atoms with Crippen LogP contribution in [0.4, 0.5) is 11.8 Å². The van der Waals surface area contributed by atoms with Crippen LogP contribution in [0.5, 0.6) is 5.75 Å². The normalized spacial score (nSPS) is 17.4. The Hall–Kier alpha value is -2.98. The molecular formula is C24H36N8O2. The molecule has 0 spiro atoms. The van der Waals surface area contributed by atoms with E-state index in [4.69, 9.17) is 15.5 Å². The van der Waals surface area contributed by atoms with Gasteiger partial charge in [-0.3, -0.25) is 9.67 Å². The molecule has 184 valence electrons. The third kappa shape index (κ3) is 5.56. The highest BCUT2D eigenvalue weighted by atomic mass is 16.5. The Morgan fingerprint density at radius 2 is 2.15 bits per heavy atom. The van der Waals surface area contributed by atoms with E-state index in [1.54, 1.807) is 13.3 Å². The van der Waals surface area contributed by atoms with E-state index in [2.05, 4.69) is 38.7 Å². The van der Waals surface area contributed by atoms with Gasteiger partial charge in [-0.05, 0) is 43.9 Å². The van der Waals surface area contributed by atoms with Crippen molar-refractivity contribution < 1.29 is 9.84 Å². The Balaban J connectivity index is 1.64. The SMILES string of the molecule is CCCC(CCO)Nc1nc(N)nc2cnn(Cc3ncc(C4CCCCCN4)cc3OC)c12. The lowest BCUT2D eigenvalue weighted by atomic mass is 10.0. The average molecular weight is 469 g/mol. The Kier molecular flexibility index (Phi) is 8.12. The highest BCUT2D eigenvalue weighted by Gasteiger charge is 2.20. The maximum absolute atomic E-state index is 9.47. The summed E-state index contributed by atoms with van der Waals surface area (Å²) in [7, 11) is 1.67. The molecule has 10 nitrogen and oxygen atoms in total. The second-order valence-electron chi connectivity index (χ2n) is 8.88. The van der Waals surface area contributed by atoms with Crippen molar-refractivity contribution in [1.82, 2.24) is 30.0 Å². The number of ether oxygens (including phenoxy) is 1. The lowest BCUT2D eigenvalue weighted by molar-refractivity contribution is 0.276. The number of methoxy groups -OCH3 is 1. The van der Waals surface area contributed by atoms with Gasteiger partial charge in [0.05, 0.1) is 19.9 Å². The number of anilines is 2. The molecular weight excluding hydrogens is 432 g/mol. The highest BCUT2D eigenvalue weighted by Crippen LogP contribution is 2.29. The van der Waals surface area contributed by atoms with Crippen LogP contribution in [0.2, 0.25) is 0 Å². The van der Waals surface area contributed by atoms with Crippen LogP contribution >= 0.6 is 0 Å². The molecule has 3 aromatic rings. The quantitative estimate of drug-likeness (QED) is 0.354. The first-order valence-electron chi connectivity index (χ1n) is 12.3. The molecule has 0 aliphatic carbocycles. The minimum Gasteiger partial charge on any atom is -0.495 e. The minimum atomic E-state index is 0.0786. The van der Waals surface area contributed by atoms with Crippen LogP contribution in [0.1, 0.15) is 69.2 Å². The van der Waals surface area contributed by atoms with Crippen molar-refractivity contribution in [1.29, 1.82) is 0 Å². The molecule has 0 saturated carbocycles. The molecule has 4 rings (SSSR count). The molecule has 34 heavy (non-hydrogen) atoms. The number of nitrogens with one attached hydrogen (secondary N) is 2. The molecule has 2 unspecified atom stereocenters. The predicted octanol–water partition coefficient (Wildman–Crippen LogP) is 3.03. The maximum atomic E-state index is 9.47. The molecule has 0 bridgehead atoms. The van der Waals surface area contributed by atoms with Crippen molar-refractivity contribution in [2.24, 2.45) is 0 Å². The largest absolute Gasteiger partial charge is 0.495 e. The van der Waals surface area contributed by atoms with Crippen molar-refractivity contribution in [3.63, 3.8) is 0 Å². The number of aliphatic hydroxyl groups excluding tert-OH is 1. The molecule has 4 heterocycles. The summed E-state index contributed by atoms with van der Waals surface area (Å²) in [5, 5.41) is 21.1. The summed E-state index contributed by atoms with van der Waals surface area (Å²) >= 11 is 0. The topological polar surface area (TPSA) is 136 Å². The number of pyridine rings is 1. The number of rotatable bonds is 10. The summed E-state index contributed by atoms with van der Waals surface area (Å²) in [6.07, 6.45) is 11.0. The van der Waals surface area contributed by atoms with Crippen molar-refractivity contribution in [2.75, 3.05) is 31.3 Å². The number of hydrogen-bond acceptors (Lipinski definition) is 9. The molecule has 10 heteroatoms. The molecule has 0 amide bonds. The minimum absolute atomic E-state index is 0.0786. The fourth-order valence-corrected chi connectivity index (χ4v) is 4.65. The van der Waals surface area contributed by atoms with E-state index in [1.807, 2.05) is 10.9 Å². The Morgan fingerprint density at radius 1 is 1.26 bits per heavy atom. The first-order chi connectivity index (χ1) is 16.6. The zero-order valence-corrected chi connectivity index (χ0v) is 20.1. The van der Waals surface area contributed by atoms with Crippen molar-refractivity contribution >= 4 is 22.8 Å². The smallest absolute Gasteiger partial charge is 0.222 e. The number of aromatic nitrogens is 5. The molecule has 5 N–H and O–H groups in total. The van der Waals surface area contributed by atoms with Gasteiger partial charge in [-0.15, -0.1) is 0 Å². The molecule has 1 aliphatic rings. The van der Waals surface area contributed by atoms with Gasteiger partial charge in [0.1, 0.15) is 22.5 Å². The van der Waals surface area contributed by atoms with Crippen LogP contribution in [-0.4, -0.2) is 56.1 Å². The van der Waals surface area contributed by atoms with Gasteiger partial charge in [0.2, 0.25) is 5.95 Å². The van der Waals surface area contributed by atoms with E-state index in [0.717, 1.165) is 48.3 Å². The lowest BCUT2D eigenvalue weighted by Crippen LogP contribution is -2.22. The molecule has 1 fully saturated rings. The van der Waals surface area contributed by atoms with Gasteiger partial charge in [-0.1, -0.05) is 26.2 Å². The molecule has 2 atom stereocenters. The van der Waals surface area contributed by atoms with Gasteiger partial charge in [-0.25, -0.2) is 4.98 Å². The van der Waals surface area contributed by atoms with E-state index in [9.17, 15) is 5.11 Å². The fraction of sp³-hybridized carbons (Fsp3) is 0.583. The second-order valence-corrected chi connectivity index (χ2v) is 8.88. The van der Waals surface area contributed by atoms with E-state index < -0.39 is 0 Å². The lowest BCUT2D eigenvalue weighted by Gasteiger charge is -2.19. The summed E-state index contributed by atoms with van der Waals surface area (Å²) in [6.45, 7) is 3.66. The van der Waals surface area contributed by atoms with Crippen LogP contribution in [-0.2, 0) is 6.54 Å². The summed E-state index contributed by atoms with van der Waals surface area (Å²) < 4.78 is 7.55. The van der Waals surface area contributed by atoms with Gasteiger partial charge in [-0.2, -0.15) is 10.1 Å². The Labute approximate surface area is 200 Å². The third-order valence-electron chi connectivity index (χ3n) is 6.40. The molecule has 1 aliphatic heterocycles. The number of nitrogens with two attached hydrogens (primary N) is 1. The van der Waals surface area contributed by atoms with Crippen LogP contribution in [0.3, 0.4) is 0 Å². The summed E-state index contributed by atoms with van der Waals surface area (Å²) in [6, 6.07) is 2.47. The van der Waals surface area contributed by atoms with Crippen LogP contribution in [0.15, 0.2) is 18.5 Å². The average Bonchev–Trinajstić information content (AvgIpc) is 3.04. The molecule has 0 radical (unpaired) electrons. The maximum Gasteiger partial charge on any atom is 0.222 e. The standard InChI is InChI=1S/C24H36N8O2/c1-3-7-17(9-11-33)29-23-22-19(30-24(25)31-23)14-28-32(22)15-20-21(34-2)12-16(13-27-20)18-8-5-4-6-10-26-18/h12-14,17-18,26,33H,3-11,15H2,1-2H3,(H3,25,29,30,31). The number of nitrogen functional groups attached to an aromatic ring is 1. The second kappa shape index (κ2) is 11.4. The highest BCUT2D eigenvalue weighted by molar-refractivity contribution is 5.86. The fourth-order valence-electron chi connectivity index (χ4n) is 4.65. The summed E-state index contributed by atoms with van der Waals surface area (Å²) in [4.78, 5) is 13.6.